The minimum absolute atomic E-state index is 0.0133. The number of carbonyl (C=O) groups is 1. The number of aldehydes is 1. The predicted molar refractivity (Wildman–Crippen MR) is 28.5 cm³/mol. The second kappa shape index (κ2) is 4.33. The summed E-state index contributed by atoms with van der Waals surface area (Å²) >= 11 is 0. The average molecular weight is 116 g/mol. The summed E-state index contributed by atoms with van der Waals surface area (Å²) in [5.41, 5.74) is 0. The molecule has 0 amide bonds. The van der Waals surface area contributed by atoms with Gasteiger partial charge in [0, 0.05) is 0 Å². The van der Waals surface area contributed by atoms with Crippen LogP contribution in [-0.2, 0) is 4.79 Å². The standard InChI is InChI=1S/C5H8O3/c6-3-1-5(8)2-4-7/h1,4,6,8H,2-3H2. The van der Waals surface area contributed by atoms with E-state index < -0.39 is 0 Å². The minimum Gasteiger partial charge on any atom is -0.512 e. The van der Waals surface area contributed by atoms with Crippen LogP contribution < -0.4 is 0 Å². The van der Waals surface area contributed by atoms with Gasteiger partial charge in [-0.3, -0.25) is 0 Å². The molecule has 0 aromatic rings. The van der Waals surface area contributed by atoms with E-state index in [9.17, 15) is 4.79 Å². The van der Waals surface area contributed by atoms with E-state index in [0.29, 0.717) is 6.29 Å². The summed E-state index contributed by atoms with van der Waals surface area (Å²) in [6, 6.07) is 0. The van der Waals surface area contributed by atoms with Gasteiger partial charge in [-0.15, -0.1) is 0 Å². The van der Waals surface area contributed by atoms with Crippen molar-refractivity contribution in [3.8, 4) is 0 Å². The maximum Gasteiger partial charge on any atom is 0.127 e. The molecular weight excluding hydrogens is 108 g/mol. The summed E-state index contributed by atoms with van der Waals surface area (Å²) in [5, 5.41) is 16.6. The lowest BCUT2D eigenvalue weighted by molar-refractivity contribution is -0.107. The van der Waals surface area contributed by atoms with Crippen LogP contribution in [0.4, 0.5) is 0 Å². The van der Waals surface area contributed by atoms with Gasteiger partial charge in [0.25, 0.3) is 0 Å². The highest BCUT2D eigenvalue weighted by molar-refractivity contribution is 5.52. The summed E-state index contributed by atoms with van der Waals surface area (Å²) in [7, 11) is 0. The Kier molecular flexibility index (Phi) is 3.88. The van der Waals surface area contributed by atoms with E-state index in [1.165, 1.54) is 6.08 Å². The van der Waals surface area contributed by atoms with Crippen molar-refractivity contribution in [2.24, 2.45) is 0 Å². The van der Waals surface area contributed by atoms with E-state index in [-0.39, 0.29) is 18.8 Å². The van der Waals surface area contributed by atoms with E-state index >= 15 is 0 Å². The highest BCUT2D eigenvalue weighted by atomic mass is 16.3. The number of aliphatic hydroxyl groups excluding tert-OH is 2. The first-order chi connectivity index (χ1) is 3.81. The number of allylic oxidation sites excluding steroid dienone is 1. The van der Waals surface area contributed by atoms with Crippen molar-refractivity contribution >= 4 is 6.29 Å². The molecule has 0 spiro atoms. The Balaban J connectivity index is 3.44. The summed E-state index contributed by atoms with van der Waals surface area (Å²) in [6.07, 6.45) is 1.73. The molecule has 0 aliphatic heterocycles. The van der Waals surface area contributed by atoms with Crippen LogP contribution in [0.2, 0.25) is 0 Å². The lowest BCUT2D eigenvalue weighted by Gasteiger charge is -1.87. The summed E-state index contributed by atoms with van der Waals surface area (Å²) in [6.45, 7) is -0.223. The molecule has 0 heterocycles. The molecule has 0 aliphatic carbocycles. The zero-order valence-corrected chi connectivity index (χ0v) is 4.37. The fourth-order valence-electron chi connectivity index (χ4n) is 0.274. The monoisotopic (exact) mass is 116 g/mol. The molecule has 0 atom stereocenters. The van der Waals surface area contributed by atoms with Gasteiger partial charge in [-0.1, -0.05) is 0 Å². The maximum absolute atomic E-state index is 9.61. The molecule has 0 aromatic carbocycles. The van der Waals surface area contributed by atoms with Crippen LogP contribution in [0.25, 0.3) is 0 Å². The van der Waals surface area contributed by atoms with Gasteiger partial charge >= 0.3 is 0 Å². The molecule has 0 rings (SSSR count). The van der Waals surface area contributed by atoms with Gasteiger partial charge < -0.3 is 15.0 Å². The van der Waals surface area contributed by atoms with Crippen LogP contribution in [0.3, 0.4) is 0 Å². The molecule has 2 N–H and O–H groups in total. The first kappa shape index (κ1) is 7.17. The molecule has 0 unspecified atom stereocenters. The maximum atomic E-state index is 9.61. The topological polar surface area (TPSA) is 57.5 Å². The summed E-state index contributed by atoms with van der Waals surface area (Å²) in [5.74, 6) is -0.0810. The van der Waals surface area contributed by atoms with E-state index in [1.54, 1.807) is 0 Å². The van der Waals surface area contributed by atoms with Crippen molar-refractivity contribution in [3.63, 3.8) is 0 Å². The van der Waals surface area contributed by atoms with E-state index in [0.717, 1.165) is 0 Å². The normalized spacial score (nSPS) is 11.4. The third-order valence-corrected chi connectivity index (χ3v) is 0.619. The molecule has 0 bridgehead atoms. The zero-order chi connectivity index (χ0) is 6.41. The van der Waals surface area contributed by atoms with Crippen molar-refractivity contribution in [2.75, 3.05) is 6.61 Å². The Morgan fingerprint density at radius 1 is 1.62 bits per heavy atom. The van der Waals surface area contributed by atoms with Crippen molar-refractivity contribution < 1.29 is 15.0 Å². The molecule has 0 fully saturated rings. The van der Waals surface area contributed by atoms with Crippen LogP contribution in [0.1, 0.15) is 6.42 Å². The zero-order valence-electron chi connectivity index (χ0n) is 4.37. The Hall–Kier alpha value is -0.830. The van der Waals surface area contributed by atoms with Crippen molar-refractivity contribution in [3.05, 3.63) is 11.8 Å². The van der Waals surface area contributed by atoms with Crippen LogP contribution in [-0.4, -0.2) is 23.1 Å². The first-order valence-corrected chi connectivity index (χ1v) is 2.23. The molecule has 8 heavy (non-hydrogen) atoms. The van der Waals surface area contributed by atoms with Gasteiger partial charge in [-0.05, 0) is 6.08 Å². The first-order valence-electron chi connectivity index (χ1n) is 2.23. The smallest absolute Gasteiger partial charge is 0.127 e. The second-order valence-corrected chi connectivity index (χ2v) is 1.25. The lowest BCUT2D eigenvalue weighted by atomic mass is 10.4. The Bertz CT molecular complexity index is 95.8. The van der Waals surface area contributed by atoms with Crippen molar-refractivity contribution in [2.45, 2.75) is 6.42 Å². The number of carbonyl (C=O) groups excluding carboxylic acids is 1. The SMILES string of the molecule is O=CCC(O)=CCO. The van der Waals surface area contributed by atoms with Crippen molar-refractivity contribution in [1.82, 2.24) is 0 Å². The molecule has 0 radical (unpaired) electrons. The number of rotatable bonds is 3. The van der Waals surface area contributed by atoms with Gasteiger partial charge in [-0.25, -0.2) is 0 Å². The third kappa shape index (κ3) is 3.36. The van der Waals surface area contributed by atoms with Crippen LogP contribution in [0.5, 0.6) is 0 Å². The molecule has 3 heteroatoms. The largest absolute Gasteiger partial charge is 0.512 e. The highest BCUT2D eigenvalue weighted by Crippen LogP contribution is 1.89. The molecule has 0 aliphatic rings. The Morgan fingerprint density at radius 2 is 2.25 bits per heavy atom. The van der Waals surface area contributed by atoms with Gasteiger partial charge in [0.05, 0.1) is 18.8 Å². The summed E-state index contributed by atoms with van der Waals surface area (Å²) < 4.78 is 0. The average Bonchev–Trinajstić information content (AvgIpc) is 1.68. The number of aliphatic hydroxyl groups is 2. The molecule has 0 saturated heterocycles. The van der Waals surface area contributed by atoms with E-state index in [1.807, 2.05) is 0 Å². The van der Waals surface area contributed by atoms with Crippen LogP contribution in [0, 0.1) is 0 Å². The van der Waals surface area contributed by atoms with Gasteiger partial charge in [0.1, 0.15) is 6.29 Å². The molecular formula is C5H8O3. The Labute approximate surface area is 47.3 Å². The quantitative estimate of drug-likeness (QED) is 0.403. The lowest BCUT2D eigenvalue weighted by Crippen LogP contribution is -1.84. The second-order valence-electron chi connectivity index (χ2n) is 1.25. The fourth-order valence-corrected chi connectivity index (χ4v) is 0.274. The Morgan fingerprint density at radius 3 is 2.62 bits per heavy atom. The van der Waals surface area contributed by atoms with E-state index in [4.69, 9.17) is 10.2 Å². The summed E-state index contributed by atoms with van der Waals surface area (Å²) in [4.78, 5) is 9.61. The highest BCUT2D eigenvalue weighted by Gasteiger charge is 1.86. The number of hydrogen-bond donors (Lipinski definition) is 2. The van der Waals surface area contributed by atoms with Crippen LogP contribution >= 0.6 is 0 Å². The number of hydrogen-bond acceptors (Lipinski definition) is 3. The van der Waals surface area contributed by atoms with Crippen molar-refractivity contribution in [1.29, 1.82) is 0 Å². The van der Waals surface area contributed by atoms with E-state index in [2.05, 4.69) is 0 Å². The predicted octanol–water partition coefficient (Wildman–Crippen LogP) is 0.00960. The minimum atomic E-state index is -0.223. The third-order valence-electron chi connectivity index (χ3n) is 0.619. The fraction of sp³-hybridized carbons (Fsp3) is 0.400. The molecule has 3 nitrogen and oxygen atoms in total. The van der Waals surface area contributed by atoms with Crippen LogP contribution in [0.15, 0.2) is 11.8 Å². The molecule has 0 saturated carbocycles. The van der Waals surface area contributed by atoms with Gasteiger partial charge in [0.15, 0.2) is 0 Å². The van der Waals surface area contributed by atoms with Gasteiger partial charge in [0.2, 0.25) is 0 Å². The molecule has 0 aromatic heterocycles. The molecule has 46 valence electrons. The van der Waals surface area contributed by atoms with Gasteiger partial charge in [-0.2, -0.15) is 0 Å².